The molecule has 0 aromatic heterocycles. The number of nitrogens with one attached hydrogen (secondary N) is 1. The van der Waals surface area contributed by atoms with Gasteiger partial charge in [-0.1, -0.05) is 26.0 Å². The molecule has 0 atom stereocenters. The third kappa shape index (κ3) is 4.21. The molecule has 1 aliphatic rings. The van der Waals surface area contributed by atoms with Crippen LogP contribution in [0, 0.1) is 0 Å². The first-order chi connectivity index (χ1) is 9.97. The molecule has 1 fully saturated rings. The van der Waals surface area contributed by atoms with Crippen LogP contribution in [-0.4, -0.2) is 48.1 Å². The van der Waals surface area contributed by atoms with Crippen LogP contribution in [0.5, 0.6) is 0 Å². The first-order valence-electron chi connectivity index (χ1n) is 7.87. The smallest absolute Gasteiger partial charge is 0.321 e. The van der Waals surface area contributed by atoms with Crippen molar-refractivity contribution in [2.75, 3.05) is 31.5 Å². The van der Waals surface area contributed by atoms with Crippen LogP contribution in [0.15, 0.2) is 24.3 Å². The molecule has 1 aromatic rings. The highest BCUT2D eigenvalue weighted by Crippen LogP contribution is 2.17. The van der Waals surface area contributed by atoms with Gasteiger partial charge in [0.15, 0.2) is 0 Å². The fourth-order valence-corrected chi connectivity index (χ4v) is 2.60. The second-order valence-corrected chi connectivity index (χ2v) is 6.32. The minimum atomic E-state index is 0.00991. The standard InChI is InChI=1S/C17H27N3O/c1-13(2)15-5-7-16(8-6-15)18-17(21)20-11-9-19(10-12-20)14(3)4/h5-8,13-14H,9-12H2,1-4H3,(H,18,21). The van der Waals surface area contributed by atoms with Crippen LogP contribution >= 0.6 is 0 Å². The largest absolute Gasteiger partial charge is 0.322 e. The molecule has 4 nitrogen and oxygen atoms in total. The number of hydrogen-bond donors (Lipinski definition) is 1. The van der Waals surface area contributed by atoms with Gasteiger partial charge in [-0.05, 0) is 37.5 Å². The van der Waals surface area contributed by atoms with Crippen molar-refractivity contribution in [3.8, 4) is 0 Å². The highest BCUT2D eigenvalue weighted by atomic mass is 16.2. The molecule has 0 bridgehead atoms. The Kier molecular flexibility index (Phi) is 5.23. The summed E-state index contributed by atoms with van der Waals surface area (Å²) in [5.41, 5.74) is 2.16. The van der Waals surface area contributed by atoms with E-state index in [1.165, 1.54) is 5.56 Å². The van der Waals surface area contributed by atoms with Crippen LogP contribution < -0.4 is 5.32 Å². The minimum absolute atomic E-state index is 0.00991. The zero-order valence-corrected chi connectivity index (χ0v) is 13.6. The lowest BCUT2D eigenvalue weighted by Gasteiger charge is -2.36. The fraction of sp³-hybridized carbons (Fsp3) is 0.588. The number of amides is 2. The maximum atomic E-state index is 12.3. The molecule has 21 heavy (non-hydrogen) atoms. The number of urea groups is 1. The molecule has 0 radical (unpaired) electrons. The van der Waals surface area contributed by atoms with Gasteiger partial charge in [-0.15, -0.1) is 0 Å². The summed E-state index contributed by atoms with van der Waals surface area (Å²) in [6.07, 6.45) is 0. The molecule has 1 saturated heterocycles. The fourth-order valence-electron chi connectivity index (χ4n) is 2.60. The van der Waals surface area contributed by atoms with Crippen molar-refractivity contribution in [3.63, 3.8) is 0 Å². The number of anilines is 1. The number of carbonyl (C=O) groups excluding carboxylic acids is 1. The van der Waals surface area contributed by atoms with Gasteiger partial charge in [-0.25, -0.2) is 4.79 Å². The molecule has 2 amide bonds. The first kappa shape index (κ1) is 15.8. The van der Waals surface area contributed by atoms with Crippen molar-refractivity contribution in [3.05, 3.63) is 29.8 Å². The van der Waals surface area contributed by atoms with Crippen LogP contribution in [0.2, 0.25) is 0 Å². The summed E-state index contributed by atoms with van der Waals surface area (Å²) in [5.74, 6) is 0.513. The van der Waals surface area contributed by atoms with Gasteiger partial charge >= 0.3 is 6.03 Å². The summed E-state index contributed by atoms with van der Waals surface area (Å²) in [6.45, 7) is 12.2. The maximum absolute atomic E-state index is 12.3. The van der Waals surface area contributed by atoms with E-state index < -0.39 is 0 Å². The third-order valence-corrected chi connectivity index (χ3v) is 4.16. The van der Waals surface area contributed by atoms with Crippen LogP contribution in [0.25, 0.3) is 0 Å². The quantitative estimate of drug-likeness (QED) is 0.926. The highest BCUT2D eigenvalue weighted by Gasteiger charge is 2.22. The van der Waals surface area contributed by atoms with E-state index in [4.69, 9.17) is 0 Å². The molecule has 1 aliphatic heterocycles. The summed E-state index contributed by atoms with van der Waals surface area (Å²) < 4.78 is 0. The lowest BCUT2D eigenvalue weighted by atomic mass is 10.0. The predicted molar refractivity (Wildman–Crippen MR) is 87.8 cm³/mol. The van der Waals surface area contributed by atoms with Crippen molar-refractivity contribution < 1.29 is 4.79 Å². The molecule has 1 N–H and O–H groups in total. The second-order valence-electron chi connectivity index (χ2n) is 6.32. The molecule has 1 heterocycles. The molecule has 0 saturated carbocycles. The topological polar surface area (TPSA) is 35.6 Å². The Morgan fingerprint density at radius 2 is 1.57 bits per heavy atom. The predicted octanol–water partition coefficient (Wildman–Crippen LogP) is 3.37. The lowest BCUT2D eigenvalue weighted by Crippen LogP contribution is -2.51. The highest BCUT2D eigenvalue weighted by molar-refractivity contribution is 5.89. The van der Waals surface area contributed by atoms with E-state index in [2.05, 4.69) is 50.0 Å². The zero-order chi connectivity index (χ0) is 15.4. The molecule has 4 heteroatoms. The van der Waals surface area contributed by atoms with E-state index in [9.17, 15) is 4.79 Å². The molecule has 0 aliphatic carbocycles. The van der Waals surface area contributed by atoms with Crippen LogP contribution in [0.4, 0.5) is 10.5 Å². The Hall–Kier alpha value is -1.55. The summed E-state index contributed by atoms with van der Waals surface area (Å²) in [7, 11) is 0. The van der Waals surface area contributed by atoms with Gasteiger partial charge in [0.05, 0.1) is 0 Å². The maximum Gasteiger partial charge on any atom is 0.321 e. The van der Waals surface area contributed by atoms with Gasteiger partial charge in [0.25, 0.3) is 0 Å². The van der Waals surface area contributed by atoms with Gasteiger partial charge in [0, 0.05) is 37.9 Å². The Morgan fingerprint density at radius 1 is 1.00 bits per heavy atom. The van der Waals surface area contributed by atoms with Gasteiger partial charge in [0.1, 0.15) is 0 Å². The summed E-state index contributed by atoms with van der Waals surface area (Å²) in [4.78, 5) is 16.6. The van der Waals surface area contributed by atoms with Crippen molar-refractivity contribution in [2.45, 2.75) is 39.7 Å². The Balaban J connectivity index is 1.87. The number of benzene rings is 1. The zero-order valence-electron chi connectivity index (χ0n) is 13.6. The Bertz CT molecular complexity index is 459. The summed E-state index contributed by atoms with van der Waals surface area (Å²) >= 11 is 0. The third-order valence-electron chi connectivity index (χ3n) is 4.16. The van der Waals surface area contributed by atoms with Crippen molar-refractivity contribution in [1.29, 1.82) is 0 Å². The van der Waals surface area contributed by atoms with E-state index in [0.717, 1.165) is 31.9 Å². The van der Waals surface area contributed by atoms with Gasteiger partial charge in [0.2, 0.25) is 0 Å². The Labute approximate surface area is 128 Å². The number of piperazine rings is 1. The van der Waals surface area contributed by atoms with Crippen molar-refractivity contribution in [1.82, 2.24) is 9.80 Å². The normalized spacial score (nSPS) is 16.6. The number of nitrogens with zero attached hydrogens (tertiary/aromatic N) is 2. The molecular formula is C17H27N3O. The van der Waals surface area contributed by atoms with Crippen LogP contribution in [0.3, 0.4) is 0 Å². The SMILES string of the molecule is CC(C)c1ccc(NC(=O)N2CCN(C(C)C)CC2)cc1. The van der Waals surface area contributed by atoms with E-state index in [-0.39, 0.29) is 6.03 Å². The molecule has 0 spiro atoms. The van der Waals surface area contributed by atoms with E-state index in [1.807, 2.05) is 17.0 Å². The number of rotatable bonds is 3. The van der Waals surface area contributed by atoms with Crippen molar-refractivity contribution >= 4 is 11.7 Å². The average Bonchev–Trinajstić information content (AvgIpc) is 2.47. The summed E-state index contributed by atoms with van der Waals surface area (Å²) in [5, 5.41) is 2.99. The van der Waals surface area contributed by atoms with Gasteiger partial charge in [-0.2, -0.15) is 0 Å². The lowest BCUT2D eigenvalue weighted by molar-refractivity contribution is 0.125. The molecule has 0 unspecified atom stereocenters. The average molecular weight is 289 g/mol. The minimum Gasteiger partial charge on any atom is -0.322 e. The second kappa shape index (κ2) is 6.94. The number of carbonyl (C=O) groups is 1. The molecule has 1 aromatic carbocycles. The molecule has 116 valence electrons. The van der Waals surface area contributed by atoms with Crippen LogP contribution in [0.1, 0.15) is 39.2 Å². The summed E-state index contributed by atoms with van der Waals surface area (Å²) in [6, 6.07) is 8.69. The van der Waals surface area contributed by atoms with E-state index in [1.54, 1.807) is 0 Å². The molecule has 2 rings (SSSR count). The monoisotopic (exact) mass is 289 g/mol. The van der Waals surface area contributed by atoms with Gasteiger partial charge < -0.3 is 10.2 Å². The number of hydrogen-bond acceptors (Lipinski definition) is 2. The van der Waals surface area contributed by atoms with Crippen molar-refractivity contribution in [2.24, 2.45) is 0 Å². The first-order valence-corrected chi connectivity index (χ1v) is 7.87. The van der Waals surface area contributed by atoms with E-state index >= 15 is 0 Å². The van der Waals surface area contributed by atoms with Crippen LogP contribution in [-0.2, 0) is 0 Å². The van der Waals surface area contributed by atoms with E-state index in [0.29, 0.717) is 12.0 Å². The Morgan fingerprint density at radius 3 is 2.05 bits per heavy atom. The van der Waals surface area contributed by atoms with Gasteiger partial charge in [-0.3, -0.25) is 4.90 Å². The molecular weight excluding hydrogens is 262 g/mol.